The van der Waals surface area contributed by atoms with Crippen molar-refractivity contribution >= 4 is 44.0 Å². The van der Waals surface area contributed by atoms with Crippen LogP contribution in [0, 0.1) is 0 Å². The zero-order valence-corrected chi connectivity index (χ0v) is 20.1. The SMILES string of the molecule is COc1cc(/C=N\NC(=O)c2ccc3c(c2)OCO3)cc(Br)c1OCc1ccc(Br)cc1. The van der Waals surface area contributed by atoms with Gasteiger partial charge in [0.1, 0.15) is 6.61 Å². The lowest BCUT2D eigenvalue weighted by Crippen LogP contribution is -2.17. The van der Waals surface area contributed by atoms with E-state index < -0.39 is 0 Å². The molecule has 0 aromatic heterocycles. The lowest BCUT2D eigenvalue weighted by Gasteiger charge is -2.13. The molecule has 32 heavy (non-hydrogen) atoms. The first-order chi connectivity index (χ1) is 15.5. The summed E-state index contributed by atoms with van der Waals surface area (Å²) in [5.74, 6) is 1.91. The van der Waals surface area contributed by atoms with Crippen molar-refractivity contribution in [1.82, 2.24) is 5.43 Å². The van der Waals surface area contributed by atoms with E-state index in [-0.39, 0.29) is 12.7 Å². The normalized spacial score (nSPS) is 12.1. The molecule has 1 amide bonds. The molecule has 1 heterocycles. The third-order valence-corrected chi connectivity index (χ3v) is 5.68. The maximum Gasteiger partial charge on any atom is 0.271 e. The van der Waals surface area contributed by atoms with Crippen molar-refractivity contribution in [1.29, 1.82) is 0 Å². The average Bonchev–Trinajstić information content (AvgIpc) is 3.27. The Morgan fingerprint density at radius 2 is 1.88 bits per heavy atom. The number of amides is 1. The number of methoxy groups -OCH3 is 1. The van der Waals surface area contributed by atoms with Crippen LogP contribution in [0.5, 0.6) is 23.0 Å². The van der Waals surface area contributed by atoms with Gasteiger partial charge in [0.05, 0.1) is 17.8 Å². The molecular formula is C23H18Br2N2O5. The molecule has 9 heteroatoms. The second-order valence-electron chi connectivity index (χ2n) is 6.72. The molecule has 3 aromatic carbocycles. The van der Waals surface area contributed by atoms with Gasteiger partial charge in [-0.1, -0.05) is 28.1 Å². The number of nitrogens with one attached hydrogen (secondary N) is 1. The van der Waals surface area contributed by atoms with Gasteiger partial charge >= 0.3 is 0 Å². The Hall–Kier alpha value is -3.04. The standard InChI is InChI=1S/C23H18Br2N2O5/c1-29-21-9-15(8-18(25)22(21)30-12-14-2-5-17(24)6-3-14)11-26-27-23(28)16-4-7-19-20(10-16)32-13-31-19/h2-11H,12-13H2,1H3,(H,27,28)/b26-11-. The van der Waals surface area contributed by atoms with Crippen LogP contribution in [-0.2, 0) is 6.61 Å². The van der Waals surface area contributed by atoms with Crippen molar-refractivity contribution in [2.24, 2.45) is 5.10 Å². The van der Waals surface area contributed by atoms with Crippen LogP contribution in [0.1, 0.15) is 21.5 Å². The minimum absolute atomic E-state index is 0.151. The molecule has 1 aliphatic heterocycles. The van der Waals surface area contributed by atoms with Gasteiger partial charge in [0.15, 0.2) is 23.0 Å². The van der Waals surface area contributed by atoms with Crippen LogP contribution in [0.3, 0.4) is 0 Å². The first kappa shape index (κ1) is 22.2. The monoisotopic (exact) mass is 560 g/mol. The second kappa shape index (κ2) is 10.1. The third-order valence-electron chi connectivity index (χ3n) is 4.56. The first-order valence-electron chi connectivity index (χ1n) is 9.51. The van der Waals surface area contributed by atoms with Crippen LogP contribution < -0.4 is 24.4 Å². The lowest BCUT2D eigenvalue weighted by molar-refractivity contribution is 0.0954. The van der Waals surface area contributed by atoms with E-state index in [1.807, 2.05) is 30.3 Å². The van der Waals surface area contributed by atoms with E-state index in [0.717, 1.165) is 15.6 Å². The van der Waals surface area contributed by atoms with Gasteiger partial charge < -0.3 is 18.9 Å². The molecule has 0 unspecified atom stereocenters. The van der Waals surface area contributed by atoms with Gasteiger partial charge in [0, 0.05) is 10.0 Å². The molecule has 0 fully saturated rings. The van der Waals surface area contributed by atoms with Gasteiger partial charge in [-0.25, -0.2) is 5.43 Å². The highest BCUT2D eigenvalue weighted by atomic mass is 79.9. The van der Waals surface area contributed by atoms with E-state index in [9.17, 15) is 4.79 Å². The highest BCUT2D eigenvalue weighted by molar-refractivity contribution is 9.10. The number of hydrogen-bond donors (Lipinski definition) is 1. The molecule has 3 aromatic rings. The molecule has 0 saturated carbocycles. The Balaban J connectivity index is 1.42. The number of rotatable bonds is 7. The first-order valence-corrected chi connectivity index (χ1v) is 11.1. The Bertz CT molecular complexity index is 1170. The highest BCUT2D eigenvalue weighted by Crippen LogP contribution is 2.37. The molecule has 164 valence electrons. The Labute approximate surface area is 201 Å². The second-order valence-corrected chi connectivity index (χ2v) is 8.49. The summed E-state index contributed by atoms with van der Waals surface area (Å²) in [6.45, 7) is 0.541. The van der Waals surface area contributed by atoms with Crippen LogP contribution in [0.2, 0.25) is 0 Å². The summed E-state index contributed by atoms with van der Waals surface area (Å²) in [7, 11) is 1.57. The number of nitrogens with zero attached hydrogens (tertiary/aromatic N) is 1. The van der Waals surface area contributed by atoms with Gasteiger partial charge in [-0.15, -0.1) is 0 Å². The quantitative estimate of drug-likeness (QED) is 0.313. The number of hydrazone groups is 1. The van der Waals surface area contributed by atoms with Crippen molar-refractivity contribution in [2.75, 3.05) is 13.9 Å². The van der Waals surface area contributed by atoms with Crippen LogP contribution in [0.15, 0.2) is 68.6 Å². The van der Waals surface area contributed by atoms with Crippen molar-refractivity contribution < 1.29 is 23.7 Å². The molecule has 4 rings (SSSR count). The zero-order chi connectivity index (χ0) is 22.5. The Kier molecular flexibility index (Phi) is 6.96. The van der Waals surface area contributed by atoms with Crippen LogP contribution in [0.4, 0.5) is 0 Å². The summed E-state index contributed by atoms with van der Waals surface area (Å²) in [5, 5.41) is 4.04. The fraction of sp³-hybridized carbons (Fsp3) is 0.130. The van der Waals surface area contributed by atoms with Crippen molar-refractivity contribution in [3.05, 3.63) is 80.2 Å². The summed E-state index contributed by atoms with van der Waals surface area (Å²) < 4.78 is 23.7. The van der Waals surface area contributed by atoms with Crippen molar-refractivity contribution in [3.63, 3.8) is 0 Å². The molecule has 1 N–H and O–H groups in total. The van der Waals surface area contributed by atoms with Crippen LogP contribution >= 0.6 is 31.9 Å². The molecule has 1 aliphatic rings. The van der Waals surface area contributed by atoms with Crippen LogP contribution in [-0.4, -0.2) is 26.0 Å². The van der Waals surface area contributed by atoms with E-state index in [2.05, 4.69) is 42.4 Å². The maximum absolute atomic E-state index is 12.3. The smallest absolute Gasteiger partial charge is 0.271 e. The van der Waals surface area contributed by atoms with Crippen molar-refractivity contribution in [3.8, 4) is 23.0 Å². The molecule has 0 bridgehead atoms. The van der Waals surface area contributed by atoms with E-state index >= 15 is 0 Å². The topological polar surface area (TPSA) is 78.4 Å². The summed E-state index contributed by atoms with van der Waals surface area (Å²) >= 11 is 6.94. The number of carbonyl (C=O) groups excluding carboxylic acids is 1. The molecule has 0 saturated heterocycles. The highest BCUT2D eigenvalue weighted by Gasteiger charge is 2.16. The van der Waals surface area contributed by atoms with Gasteiger partial charge in [0.2, 0.25) is 6.79 Å². The minimum atomic E-state index is -0.361. The fourth-order valence-electron chi connectivity index (χ4n) is 2.96. The van der Waals surface area contributed by atoms with Gasteiger partial charge in [-0.2, -0.15) is 5.10 Å². The van der Waals surface area contributed by atoms with E-state index in [1.165, 1.54) is 6.21 Å². The number of ether oxygens (including phenoxy) is 4. The summed E-state index contributed by atoms with van der Waals surface area (Å²) in [5.41, 5.74) is 4.67. The molecule has 0 radical (unpaired) electrons. The molecule has 0 atom stereocenters. The minimum Gasteiger partial charge on any atom is -0.493 e. The summed E-state index contributed by atoms with van der Waals surface area (Å²) in [6, 6.07) is 16.4. The maximum atomic E-state index is 12.3. The van der Waals surface area contributed by atoms with Crippen LogP contribution in [0.25, 0.3) is 0 Å². The predicted octanol–water partition coefficient (Wildman–Crippen LogP) is 5.29. The van der Waals surface area contributed by atoms with E-state index in [0.29, 0.717) is 39.6 Å². The number of halogens is 2. The predicted molar refractivity (Wildman–Crippen MR) is 127 cm³/mol. The van der Waals surface area contributed by atoms with E-state index in [4.69, 9.17) is 18.9 Å². The average molecular weight is 562 g/mol. The molecular weight excluding hydrogens is 544 g/mol. The molecule has 7 nitrogen and oxygen atoms in total. The number of benzene rings is 3. The third kappa shape index (κ3) is 5.23. The number of carbonyl (C=O) groups is 1. The summed E-state index contributed by atoms with van der Waals surface area (Å²) in [6.07, 6.45) is 1.52. The Morgan fingerprint density at radius 3 is 2.66 bits per heavy atom. The largest absolute Gasteiger partial charge is 0.493 e. The fourth-order valence-corrected chi connectivity index (χ4v) is 3.80. The lowest BCUT2D eigenvalue weighted by atomic mass is 10.2. The Morgan fingerprint density at radius 1 is 1.09 bits per heavy atom. The van der Waals surface area contributed by atoms with E-state index in [1.54, 1.807) is 31.4 Å². The summed E-state index contributed by atoms with van der Waals surface area (Å²) in [4.78, 5) is 12.3. The van der Waals surface area contributed by atoms with Crippen molar-refractivity contribution in [2.45, 2.75) is 6.61 Å². The number of hydrogen-bond acceptors (Lipinski definition) is 6. The van der Waals surface area contributed by atoms with Gasteiger partial charge in [-0.3, -0.25) is 4.79 Å². The number of fused-ring (bicyclic) bond motifs is 1. The molecule has 0 aliphatic carbocycles. The van der Waals surface area contributed by atoms with Gasteiger partial charge in [0.25, 0.3) is 5.91 Å². The zero-order valence-electron chi connectivity index (χ0n) is 16.9. The van der Waals surface area contributed by atoms with Gasteiger partial charge in [-0.05, 0) is 69.5 Å². The molecule has 0 spiro atoms.